The van der Waals surface area contributed by atoms with E-state index in [1.807, 2.05) is 0 Å². The molecule has 1 rings (SSSR count). The van der Waals surface area contributed by atoms with E-state index < -0.39 is 71.2 Å². The molecule has 0 aromatic carbocycles. The highest BCUT2D eigenvalue weighted by Gasteiger charge is 2.46. The number of carbonyl (C=O) groups is 2. The van der Waals surface area contributed by atoms with E-state index in [9.17, 15) is 37.9 Å². The van der Waals surface area contributed by atoms with E-state index in [2.05, 4.69) is 86.8 Å². The average molecular weight is 979 g/mol. The molecule has 0 saturated carbocycles. The van der Waals surface area contributed by atoms with Crippen molar-refractivity contribution in [3.63, 3.8) is 0 Å². The Hall–Kier alpha value is -2.91. The maximum absolute atomic E-state index is 12.9. The first-order valence-corrected chi connectivity index (χ1v) is 28.1. The Kier molecular flexibility index (Phi) is 40.9. The van der Waals surface area contributed by atoms with E-state index in [1.165, 1.54) is 89.9 Å². The average Bonchev–Trinajstić information content (AvgIpc) is 3.31. The van der Waals surface area contributed by atoms with Gasteiger partial charge in [-0.25, -0.2) is 0 Å². The van der Waals surface area contributed by atoms with E-state index >= 15 is 0 Å². The van der Waals surface area contributed by atoms with Gasteiger partial charge in [-0.3, -0.25) is 14.1 Å². The van der Waals surface area contributed by atoms with Crippen molar-refractivity contribution in [3.05, 3.63) is 72.9 Å². The molecule has 6 unspecified atom stereocenters. The molecule has 0 aromatic rings. The van der Waals surface area contributed by atoms with Crippen molar-refractivity contribution in [2.24, 2.45) is 0 Å². The summed E-state index contributed by atoms with van der Waals surface area (Å²) < 4.78 is 54.3. The molecule has 1 heterocycles. The largest absolute Gasteiger partial charge is 0.462 e. The monoisotopic (exact) mass is 979 g/mol. The number of ether oxygens (including phenoxy) is 4. The topological polar surface area (TPSA) is 186 Å². The Labute approximate surface area is 412 Å². The Morgan fingerprint density at radius 1 is 0.515 bits per heavy atom. The van der Waals surface area contributed by atoms with Gasteiger partial charge in [-0.2, -0.15) is 8.42 Å². The molecule has 0 bridgehead atoms. The first-order chi connectivity index (χ1) is 33.0. The summed E-state index contributed by atoms with van der Waals surface area (Å²) >= 11 is 0. The smallest absolute Gasteiger partial charge is 0.306 e. The van der Waals surface area contributed by atoms with Crippen molar-refractivity contribution < 1.29 is 56.8 Å². The summed E-state index contributed by atoms with van der Waals surface area (Å²) in [7, 11) is -4.61. The van der Waals surface area contributed by atoms with Gasteiger partial charge in [0.2, 0.25) is 0 Å². The van der Waals surface area contributed by atoms with E-state index in [0.717, 1.165) is 77.0 Å². The number of allylic oxidation sites excluding steroid dienone is 12. The van der Waals surface area contributed by atoms with Crippen molar-refractivity contribution in [2.75, 3.05) is 19.0 Å². The molecule has 68 heavy (non-hydrogen) atoms. The van der Waals surface area contributed by atoms with Crippen LogP contribution in [0.4, 0.5) is 0 Å². The molecular weight excluding hydrogens is 885 g/mol. The Morgan fingerprint density at radius 3 is 1.38 bits per heavy atom. The second-order valence-corrected chi connectivity index (χ2v) is 19.7. The molecule has 0 spiro atoms. The number of hydrogen-bond acceptors (Lipinski definition) is 11. The van der Waals surface area contributed by atoms with Gasteiger partial charge in [0.15, 0.2) is 12.4 Å². The highest BCUT2D eigenvalue weighted by molar-refractivity contribution is 7.85. The van der Waals surface area contributed by atoms with Crippen LogP contribution in [0.3, 0.4) is 0 Å². The number of unbranched alkanes of at least 4 members (excludes halogenated alkanes) is 20. The first kappa shape index (κ1) is 63.1. The van der Waals surface area contributed by atoms with Gasteiger partial charge in [0, 0.05) is 12.8 Å². The minimum Gasteiger partial charge on any atom is -0.462 e. The van der Waals surface area contributed by atoms with Crippen LogP contribution in [0.2, 0.25) is 0 Å². The highest BCUT2D eigenvalue weighted by Crippen LogP contribution is 2.24. The molecule has 392 valence electrons. The van der Waals surface area contributed by atoms with Crippen molar-refractivity contribution in [1.82, 2.24) is 0 Å². The van der Waals surface area contributed by atoms with Crippen LogP contribution in [0.5, 0.6) is 0 Å². The van der Waals surface area contributed by atoms with Gasteiger partial charge in [-0.05, 0) is 83.5 Å². The molecule has 13 heteroatoms. The second kappa shape index (κ2) is 44.1. The summed E-state index contributed by atoms with van der Waals surface area (Å²) in [5, 5.41) is 31.0. The van der Waals surface area contributed by atoms with Crippen LogP contribution in [-0.2, 0) is 38.7 Å². The Balaban J connectivity index is 2.36. The van der Waals surface area contributed by atoms with Crippen LogP contribution in [-0.4, -0.2) is 96.0 Å². The van der Waals surface area contributed by atoms with E-state index in [0.29, 0.717) is 12.8 Å². The Morgan fingerprint density at radius 2 is 0.926 bits per heavy atom. The number of hydrogen-bond donors (Lipinski definition) is 4. The lowest BCUT2D eigenvalue weighted by Crippen LogP contribution is -2.60. The molecule has 1 aliphatic heterocycles. The van der Waals surface area contributed by atoms with Gasteiger partial charge in [0.1, 0.15) is 36.8 Å². The quantitative estimate of drug-likeness (QED) is 0.0196. The van der Waals surface area contributed by atoms with Crippen LogP contribution >= 0.6 is 0 Å². The Bertz CT molecular complexity index is 1520. The van der Waals surface area contributed by atoms with Crippen molar-refractivity contribution in [3.8, 4) is 0 Å². The number of aliphatic hydroxyl groups excluding tert-OH is 3. The van der Waals surface area contributed by atoms with Gasteiger partial charge < -0.3 is 34.3 Å². The zero-order valence-corrected chi connectivity index (χ0v) is 43.0. The molecule has 1 aliphatic rings. The highest BCUT2D eigenvalue weighted by atomic mass is 32.2. The summed E-state index contributed by atoms with van der Waals surface area (Å²) in [6.07, 6.45) is 48.0. The summed E-state index contributed by atoms with van der Waals surface area (Å²) in [5.74, 6) is -2.02. The van der Waals surface area contributed by atoms with E-state index in [1.54, 1.807) is 0 Å². The lowest BCUT2D eigenvalue weighted by molar-refractivity contribution is -0.297. The lowest BCUT2D eigenvalue weighted by atomic mass is 10.00. The SMILES string of the molecule is CC/C=C\C/C=C\C/C=C\C/C=C\CCCCCCC(=O)OC(COC(=O)CCCCCCCCCCCCC/C=C\C/C=C\CCCCCCC)COC1OC(CS(=O)(=O)O)C(O)C(O)C1O. The maximum atomic E-state index is 12.9. The molecule has 0 radical (unpaired) electrons. The minimum atomic E-state index is -4.61. The molecule has 0 amide bonds. The first-order valence-electron chi connectivity index (χ1n) is 26.5. The van der Waals surface area contributed by atoms with Crippen LogP contribution in [0.25, 0.3) is 0 Å². The number of rotatable bonds is 44. The summed E-state index contributed by atoms with van der Waals surface area (Å²) in [4.78, 5) is 25.5. The summed E-state index contributed by atoms with van der Waals surface area (Å²) in [5.41, 5.74) is 0. The third kappa shape index (κ3) is 37.9. The summed E-state index contributed by atoms with van der Waals surface area (Å²) in [6.45, 7) is 3.63. The molecule has 6 atom stereocenters. The van der Waals surface area contributed by atoms with Crippen molar-refractivity contribution >= 4 is 22.1 Å². The van der Waals surface area contributed by atoms with Gasteiger partial charge >= 0.3 is 11.9 Å². The molecular formula is C55H94O12S. The van der Waals surface area contributed by atoms with Crippen LogP contribution in [0, 0.1) is 0 Å². The van der Waals surface area contributed by atoms with Gasteiger partial charge in [0.05, 0.1) is 6.61 Å². The zero-order chi connectivity index (χ0) is 49.8. The van der Waals surface area contributed by atoms with E-state index in [-0.39, 0.29) is 19.4 Å². The molecule has 1 saturated heterocycles. The number of carbonyl (C=O) groups excluding carboxylic acids is 2. The van der Waals surface area contributed by atoms with Gasteiger partial charge in [0.25, 0.3) is 10.1 Å². The predicted molar refractivity (Wildman–Crippen MR) is 275 cm³/mol. The molecule has 12 nitrogen and oxygen atoms in total. The minimum absolute atomic E-state index is 0.133. The molecule has 1 fully saturated rings. The third-order valence-electron chi connectivity index (χ3n) is 11.8. The van der Waals surface area contributed by atoms with E-state index in [4.69, 9.17) is 18.9 Å². The normalized spacial score (nSPS) is 19.8. The fraction of sp³-hybridized carbons (Fsp3) is 0.745. The fourth-order valence-electron chi connectivity index (χ4n) is 7.70. The van der Waals surface area contributed by atoms with Crippen LogP contribution < -0.4 is 0 Å². The van der Waals surface area contributed by atoms with Gasteiger partial charge in [-0.15, -0.1) is 0 Å². The van der Waals surface area contributed by atoms with Crippen LogP contribution in [0.1, 0.15) is 206 Å². The lowest BCUT2D eigenvalue weighted by Gasteiger charge is -2.40. The van der Waals surface area contributed by atoms with Crippen molar-refractivity contribution in [2.45, 2.75) is 243 Å². The number of aliphatic hydroxyl groups is 3. The second-order valence-electron chi connectivity index (χ2n) is 18.2. The number of esters is 2. The van der Waals surface area contributed by atoms with Crippen LogP contribution in [0.15, 0.2) is 72.9 Å². The fourth-order valence-corrected chi connectivity index (χ4v) is 8.39. The van der Waals surface area contributed by atoms with Gasteiger partial charge in [-0.1, -0.05) is 183 Å². The summed E-state index contributed by atoms with van der Waals surface area (Å²) in [6, 6.07) is 0. The maximum Gasteiger partial charge on any atom is 0.306 e. The third-order valence-corrected chi connectivity index (χ3v) is 12.5. The standard InChI is InChI=1S/C55H94O12S/c1-3-5-7-9-11-13-15-17-19-21-22-23-24-25-26-28-29-31-33-35-37-39-41-43-50(56)64-45-48(46-65-55-54(60)53(59)52(58)49(67-55)47-68(61,62)63)66-51(57)44-42-40-38-36-34-32-30-27-20-18-16-14-12-10-8-6-4-2/h6,8,12,14-15,17-18,20-22,30,32,48-49,52-55,58-60H,3-5,7,9-11,13,16,19,23-29,31,33-47H2,1-2H3,(H,61,62,63)/b8-6-,14-12-,17-15-,20-18-,22-21-,32-30-. The van der Waals surface area contributed by atoms with Crippen molar-refractivity contribution in [1.29, 1.82) is 0 Å². The zero-order valence-electron chi connectivity index (χ0n) is 42.2. The molecule has 4 N–H and O–H groups in total. The molecule has 0 aliphatic carbocycles. The molecule has 0 aromatic heterocycles. The predicted octanol–water partition coefficient (Wildman–Crippen LogP) is 12.2.